The highest BCUT2D eigenvalue weighted by Crippen LogP contribution is 2.15. The number of nitrogens with zero attached hydrogens (tertiary/aromatic N) is 2. The van der Waals surface area contributed by atoms with Crippen molar-refractivity contribution in [2.75, 3.05) is 13.1 Å². The molecule has 2 heterocycles. The number of ether oxygens (including phenoxy) is 1. The number of halogens is 1. The highest BCUT2D eigenvalue weighted by molar-refractivity contribution is 5.92. The van der Waals surface area contributed by atoms with E-state index in [2.05, 4.69) is 22.3 Å². The highest BCUT2D eigenvalue weighted by atomic mass is 19.1. The number of aromatic nitrogens is 1. The fourth-order valence-electron chi connectivity index (χ4n) is 4.02. The van der Waals surface area contributed by atoms with E-state index in [0.717, 1.165) is 38.0 Å². The highest BCUT2D eigenvalue weighted by Gasteiger charge is 2.22. The van der Waals surface area contributed by atoms with Crippen molar-refractivity contribution in [3.8, 4) is 5.75 Å². The van der Waals surface area contributed by atoms with Crippen molar-refractivity contribution in [1.82, 2.24) is 14.8 Å². The molecule has 0 bridgehead atoms. The first-order chi connectivity index (χ1) is 16.0. The summed E-state index contributed by atoms with van der Waals surface area (Å²) in [6, 6.07) is 17.6. The largest absolute Gasteiger partial charge is 0.483 e. The maximum atomic E-state index is 13.0. The summed E-state index contributed by atoms with van der Waals surface area (Å²) in [6.45, 7) is 2.88. The van der Waals surface area contributed by atoms with Crippen LogP contribution in [0.25, 0.3) is 0 Å². The summed E-state index contributed by atoms with van der Waals surface area (Å²) in [5.74, 6) is -0.444. The summed E-state index contributed by atoms with van der Waals surface area (Å²) >= 11 is 0. The zero-order chi connectivity index (χ0) is 23.2. The van der Waals surface area contributed by atoms with Crippen molar-refractivity contribution in [3.63, 3.8) is 0 Å². The molecular formula is C26H28FN3O3. The summed E-state index contributed by atoms with van der Waals surface area (Å²) in [6.07, 6.45) is 3.25. The minimum Gasteiger partial charge on any atom is -0.483 e. The lowest BCUT2D eigenvalue weighted by Gasteiger charge is -2.32. The van der Waals surface area contributed by atoms with Gasteiger partial charge in [0.25, 0.3) is 5.91 Å². The quantitative estimate of drug-likeness (QED) is 0.600. The second-order valence-corrected chi connectivity index (χ2v) is 8.42. The van der Waals surface area contributed by atoms with Crippen LogP contribution in [-0.4, -0.2) is 34.5 Å². The molecule has 0 saturated carbocycles. The summed E-state index contributed by atoms with van der Waals surface area (Å²) in [7, 11) is 1.71. The number of carbonyl (C=O) groups excluding carboxylic acids is 1. The average Bonchev–Trinajstić information content (AvgIpc) is 2.82. The van der Waals surface area contributed by atoms with Gasteiger partial charge in [-0.2, -0.15) is 0 Å². The second-order valence-electron chi connectivity index (χ2n) is 8.42. The molecule has 0 unspecified atom stereocenters. The summed E-state index contributed by atoms with van der Waals surface area (Å²) < 4.78 is 20.2. The van der Waals surface area contributed by atoms with E-state index in [0.29, 0.717) is 5.69 Å². The van der Waals surface area contributed by atoms with Crippen LogP contribution in [0.4, 0.5) is 4.39 Å². The lowest BCUT2D eigenvalue weighted by atomic mass is 10.0. The second kappa shape index (κ2) is 10.4. The van der Waals surface area contributed by atoms with E-state index >= 15 is 0 Å². The molecule has 4 rings (SSSR count). The van der Waals surface area contributed by atoms with Gasteiger partial charge in [0.05, 0.1) is 6.20 Å². The maximum Gasteiger partial charge on any atom is 0.268 e. The Hall–Kier alpha value is -3.45. The molecule has 172 valence electrons. The minimum atomic E-state index is -0.363. The van der Waals surface area contributed by atoms with Crippen LogP contribution in [0.15, 0.2) is 71.7 Å². The van der Waals surface area contributed by atoms with Crippen molar-refractivity contribution < 1.29 is 13.9 Å². The van der Waals surface area contributed by atoms with Crippen LogP contribution in [0.5, 0.6) is 5.75 Å². The third kappa shape index (κ3) is 6.08. The number of rotatable bonds is 7. The van der Waals surface area contributed by atoms with Gasteiger partial charge in [-0.05, 0) is 36.1 Å². The fraction of sp³-hybridized carbons (Fsp3) is 0.308. The Morgan fingerprint density at radius 1 is 1.06 bits per heavy atom. The first-order valence-corrected chi connectivity index (χ1v) is 11.1. The van der Waals surface area contributed by atoms with Crippen molar-refractivity contribution in [1.29, 1.82) is 0 Å². The number of carbonyl (C=O) groups is 1. The number of likely N-dealkylation sites (tertiary alicyclic amines) is 1. The van der Waals surface area contributed by atoms with E-state index in [-0.39, 0.29) is 35.6 Å². The number of aryl methyl sites for hydroxylation is 1. The average molecular weight is 450 g/mol. The van der Waals surface area contributed by atoms with Gasteiger partial charge >= 0.3 is 0 Å². The first-order valence-electron chi connectivity index (χ1n) is 11.1. The standard InChI is InChI=1S/C26H28FN3O3/c1-29-17-25(33-18-20-7-9-21(27)10-8-20)24(31)15-23(29)26(32)28-22-11-13-30(14-12-22)16-19-5-3-2-4-6-19/h2-10,15,17,22H,11-14,16,18H2,1H3,(H,28,32). The predicted molar refractivity (Wildman–Crippen MR) is 125 cm³/mol. The molecule has 0 atom stereocenters. The molecule has 0 aliphatic carbocycles. The van der Waals surface area contributed by atoms with E-state index in [9.17, 15) is 14.0 Å². The van der Waals surface area contributed by atoms with E-state index in [4.69, 9.17) is 4.74 Å². The van der Waals surface area contributed by atoms with Gasteiger partial charge in [0.15, 0.2) is 5.75 Å². The first kappa shape index (κ1) is 22.7. The van der Waals surface area contributed by atoms with Crippen LogP contribution < -0.4 is 15.5 Å². The van der Waals surface area contributed by atoms with E-state index in [1.54, 1.807) is 23.7 Å². The van der Waals surface area contributed by atoms with Gasteiger partial charge in [-0.25, -0.2) is 4.39 Å². The molecule has 0 radical (unpaired) electrons. The van der Waals surface area contributed by atoms with Crippen LogP contribution in [0.3, 0.4) is 0 Å². The normalized spacial score (nSPS) is 14.7. The van der Waals surface area contributed by atoms with Gasteiger partial charge in [-0.1, -0.05) is 42.5 Å². The molecule has 1 amide bonds. The molecule has 7 heteroatoms. The van der Waals surface area contributed by atoms with Gasteiger partial charge in [0.2, 0.25) is 5.43 Å². The Labute approximate surface area is 192 Å². The number of amides is 1. The Morgan fingerprint density at radius 2 is 1.76 bits per heavy atom. The Kier molecular flexibility index (Phi) is 7.19. The molecule has 1 aliphatic rings. The zero-order valence-electron chi connectivity index (χ0n) is 18.7. The van der Waals surface area contributed by atoms with Crippen LogP contribution in [0, 0.1) is 5.82 Å². The summed E-state index contributed by atoms with van der Waals surface area (Å²) in [5, 5.41) is 3.07. The summed E-state index contributed by atoms with van der Waals surface area (Å²) in [4.78, 5) is 27.7. The van der Waals surface area contributed by atoms with Crippen molar-refractivity contribution >= 4 is 5.91 Å². The molecule has 3 aromatic rings. The summed E-state index contributed by atoms with van der Waals surface area (Å²) in [5.41, 5.74) is 1.97. The zero-order valence-corrected chi connectivity index (χ0v) is 18.7. The van der Waals surface area contributed by atoms with Gasteiger partial charge < -0.3 is 14.6 Å². The topological polar surface area (TPSA) is 63.6 Å². The van der Waals surface area contributed by atoms with Crippen LogP contribution in [-0.2, 0) is 20.2 Å². The molecule has 6 nitrogen and oxygen atoms in total. The Balaban J connectivity index is 1.31. The predicted octanol–water partition coefficient (Wildman–Crippen LogP) is 3.50. The number of pyridine rings is 1. The molecular weight excluding hydrogens is 421 g/mol. The lowest BCUT2D eigenvalue weighted by Crippen LogP contribution is -2.45. The van der Waals surface area contributed by atoms with Gasteiger partial charge in [-0.15, -0.1) is 0 Å². The Bertz CT molecular complexity index is 1140. The van der Waals surface area contributed by atoms with E-state index in [1.165, 1.54) is 30.0 Å². The van der Waals surface area contributed by atoms with Crippen LogP contribution >= 0.6 is 0 Å². The third-order valence-corrected chi connectivity index (χ3v) is 5.91. The smallest absolute Gasteiger partial charge is 0.268 e. The van der Waals surface area contributed by atoms with Crippen molar-refractivity contribution in [3.05, 3.63) is 99.7 Å². The minimum absolute atomic E-state index is 0.0778. The molecule has 2 aromatic carbocycles. The van der Waals surface area contributed by atoms with Crippen molar-refractivity contribution in [2.24, 2.45) is 7.05 Å². The molecule has 1 aliphatic heterocycles. The van der Waals surface area contributed by atoms with Crippen LogP contribution in [0.2, 0.25) is 0 Å². The fourth-order valence-corrected chi connectivity index (χ4v) is 4.02. The van der Waals surface area contributed by atoms with E-state index in [1.807, 2.05) is 18.2 Å². The number of benzene rings is 2. The third-order valence-electron chi connectivity index (χ3n) is 5.91. The molecule has 33 heavy (non-hydrogen) atoms. The van der Waals surface area contributed by atoms with Gasteiger partial charge in [-0.3, -0.25) is 14.5 Å². The lowest BCUT2D eigenvalue weighted by molar-refractivity contribution is 0.0899. The number of nitrogens with one attached hydrogen (secondary N) is 1. The number of hydrogen-bond acceptors (Lipinski definition) is 4. The van der Waals surface area contributed by atoms with Crippen molar-refractivity contribution in [2.45, 2.75) is 32.0 Å². The molecule has 0 spiro atoms. The van der Waals surface area contributed by atoms with Crippen LogP contribution in [0.1, 0.15) is 34.5 Å². The monoisotopic (exact) mass is 449 g/mol. The Morgan fingerprint density at radius 3 is 2.45 bits per heavy atom. The number of piperidine rings is 1. The molecule has 1 N–H and O–H groups in total. The number of hydrogen-bond donors (Lipinski definition) is 1. The van der Waals surface area contributed by atoms with Gasteiger partial charge in [0.1, 0.15) is 18.1 Å². The molecule has 1 saturated heterocycles. The van der Waals surface area contributed by atoms with E-state index < -0.39 is 0 Å². The molecule has 1 aromatic heterocycles. The molecule has 1 fully saturated rings. The maximum absolute atomic E-state index is 13.0. The SMILES string of the molecule is Cn1cc(OCc2ccc(F)cc2)c(=O)cc1C(=O)NC1CCN(Cc2ccccc2)CC1. The van der Waals surface area contributed by atoms with Gasteiger partial charge in [0, 0.05) is 38.8 Å².